The summed E-state index contributed by atoms with van der Waals surface area (Å²) in [7, 11) is 2.69. The molecule has 0 radical (unpaired) electrons. The third kappa shape index (κ3) is 11.1. The molecule has 0 bridgehead atoms. The largest absolute Gasteiger partial charge is 0.464 e. The average molecular weight is 1070 g/mol. The summed E-state index contributed by atoms with van der Waals surface area (Å²) < 4.78 is 20.7. The number of amides is 5. The zero-order valence-electron chi connectivity index (χ0n) is 44.1. The van der Waals surface area contributed by atoms with Crippen LogP contribution in [0.3, 0.4) is 0 Å². The molecular weight excluding hydrogens is 1010 g/mol. The molecule has 8 heterocycles. The lowest BCUT2D eigenvalue weighted by Crippen LogP contribution is -2.66. The molecule has 4 aromatic carbocycles. The summed E-state index contributed by atoms with van der Waals surface area (Å²) in [6.45, 7) is 8.95. The first kappa shape index (κ1) is 53.1. The molecule has 12 rings (SSSR count). The maximum Gasteiger partial charge on any atom is 0.409 e. The number of aromatic nitrogens is 2. The zero-order chi connectivity index (χ0) is 54.3. The van der Waals surface area contributed by atoms with E-state index < -0.39 is 11.6 Å². The standard InChI is InChI=1S/C29H27N5O3S.C28H28N4O6.C2H6/c35-26-9-13-37-14-11-31-27(34(26)19-20-17-33(18-20)29(36)28-32-12-15-38-28)23-6-3-21(4-7-23)24-8-5-22-2-1-10-30-25(22)16-24;1-36-26(34)30-11-9-18(14-30)15-32-24(29-28(25(32)33)16-31(17-28)27(35)37-2)20-5-3-19(4-6-20)21-7-8-23-22(13-21)10-12-38-23;1-2/h1-8,10,12,15-16,20H,9,11,13-14,17-19H2;3-8,10,12-13,18H,9,11,14-17H2,1-2H3;1-2H3/t;18-;/m.1./s1. The Kier molecular flexibility index (Phi) is 16.0. The van der Waals surface area contributed by atoms with Gasteiger partial charge in [0.25, 0.3) is 11.8 Å². The first-order valence-corrected chi connectivity index (χ1v) is 27.2. The molecule has 7 aromatic rings. The van der Waals surface area contributed by atoms with E-state index >= 15 is 0 Å². The van der Waals surface area contributed by atoms with Crippen LogP contribution in [-0.2, 0) is 23.8 Å². The Balaban J connectivity index is 0.000000171. The predicted octanol–water partition coefficient (Wildman–Crippen LogP) is 8.75. The quantitative estimate of drug-likeness (QED) is 0.134. The van der Waals surface area contributed by atoms with Gasteiger partial charge in [-0.05, 0) is 64.9 Å². The number of carbonyl (C=O) groups is 5. The number of ether oxygens (including phenoxy) is 3. The molecule has 5 aliphatic rings. The van der Waals surface area contributed by atoms with Crippen LogP contribution in [-0.4, -0.2) is 168 Å². The van der Waals surface area contributed by atoms with Crippen molar-refractivity contribution >= 4 is 74.8 Å². The lowest BCUT2D eigenvalue weighted by atomic mass is 9.90. The van der Waals surface area contributed by atoms with Gasteiger partial charge in [0.05, 0.1) is 65.3 Å². The van der Waals surface area contributed by atoms with Crippen molar-refractivity contribution in [3.63, 3.8) is 0 Å². The molecule has 78 heavy (non-hydrogen) atoms. The number of aliphatic imine (C=N–C) groups is 2. The van der Waals surface area contributed by atoms with E-state index in [0.717, 1.165) is 61.7 Å². The summed E-state index contributed by atoms with van der Waals surface area (Å²) in [4.78, 5) is 90.3. The lowest BCUT2D eigenvalue weighted by molar-refractivity contribution is -0.136. The smallest absolute Gasteiger partial charge is 0.409 e. The Morgan fingerprint density at radius 1 is 0.679 bits per heavy atom. The fourth-order valence-corrected chi connectivity index (χ4v) is 11.1. The van der Waals surface area contributed by atoms with Gasteiger partial charge in [0, 0.05) is 84.9 Å². The third-order valence-electron chi connectivity index (χ3n) is 14.5. The molecular formula is C59H61N9O9S. The van der Waals surface area contributed by atoms with Gasteiger partial charge in [-0.25, -0.2) is 19.6 Å². The van der Waals surface area contributed by atoms with Crippen LogP contribution in [0.2, 0.25) is 0 Å². The number of hydrogen-bond acceptors (Lipinski definition) is 14. The van der Waals surface area contributed by atoms with Crippen molar-refractivity contribution in [1.82, 2.24) is 34.5 Å². The molecule has 18 nitrogen and oxygen atoms in total. The summed E-state index contributed by atoms with van der Waals surface area (Å²) >= 11 is 1.35. The molecule has 5 aliphatic heterocycles. The maximum absolute atomic E-state index is 13.7. The number of rotatable bonds is 9. The molecule has 0 aliphatic carbocycles. The van der Waals surface area contributed by atoms with Crippen LogP contribution in [0.25, 0.3) is 44.1 Å². The van der Waals surface area contributed by atoms with Crippen LogP contribution in [0.4, 0.5) is 9.59 Å². The Hall–Kier alpha value is -8.29. The first-order chi connectivity index (χ1) is 38.1. The van der Waals surface area contributed by atoms with Crippen LogP contribution < -0.4 is 0 Å². The van der Waals surface area contributed by atoms with E-state index in [-0.39, 0.29) is 48.7 Å². The number of likely N-dealkylation sites (tertiary alicyclic amines) is 3. The highest BCUT2D eigenvalue weighted by molar-refractivity contribution is 7.11. The van der Waals surface area contributed by atoms with Gasteiger partial charge < -0.3 is 33.3 Å². The van der Waals surface area contributed by atoms with Crippen molar-refractivity contribution in [3.8, 4) is 22.3 Å². The number of benzene rings is 4. The molecule has 3 saturated heterocycles. The molecule has 1 spiro atoms. The second-order valence-electron chi connectivity index (χ2n) is 19.5. The number of fused-ring (bicyclic) bond motifs is 2. The highest BCUT2D eigenvalue weighted by Gasteiger charge is 2.58. The Morgan fingerprint density at radius 3 is 2.05 bits per heavy atom. The van der Waals surface area contributed by atoms with E-state index in [0.29, 0.717) is 82.1 Å². The fourth-order valence-electron chi connectivity index (χ4n) is 10.5. The van der Waals surface area contributed by atoms with Crippen molar-refractivity contribution in [2.45, 2.75) is 32.2 Å². The number of pyridine rings is 1. The van der Waals surface area contributed by atoms with E-state index in [1.165, 1.54) is 30.5 Å². The van der Waals surface area contributed by atoms with Crippen molar-refractivity contribution in [1.29, 1.82) is 0 Å². The van der Waals surface area contributed by atoms with E-state index in [2.05, 4.69) is 52.4 Å². The Morgan fingerprint density at radius 2 is 1.33 bits per heavy atom. The number of furan rings is 1. The van der Waals surface area contributed by atoms with Crippen LogP contribution in [0.1, 0.15) is 47.6 Å². The fraction of sp³-hybridized carbons (Fsp3) is 0.339. The van der Waals surface area contributed by atoms with Crippen molar-refractivity contribution < 1.29 is 42.6 Å². The molecule has 3 fully saturated rings. The van der Waals surface area contributed by atoms with Gasteiger partial charge in [-0.15, -0.1) is 11.3 Å². The number of nitrogens with zero attached hydrogens (tertiary/aromatic N) is 9. The third-order valence-corrected chi connectivity index (χ3v) is 15.3. The summed E-state index contributed by atoms with van der Waals surface area (Å²) in [6.07, 6.45) is 5.36. The number of amidine groups is 2. The number of carbonyl (C=O) groups excluding carboxylic acids is 5. The predicted molar refractivity (Wildman–Crippen MR) is 297 cm³/mol. The molecule has 3 aromatic heterocycles. The number of methoxy groups -OCH3 is 2. The van der Waals surface area contributed by atoms with Crippen molar-refractivity contribution in [3.05, 3.63) is 143 Å². The maximum atomic E-state index is 13.7. The second-order valence-corrected chi connectivity index (χ2v) is 20.4. The topological polar surface area (TPSA) is 193 Å². The normalized spacial score (nSPS) is 18.2. The average Bonchev–Trinajstić information content (AvgIpc) is 4.51. The van der Waals surface area contributed by atoms with Crippen LogP contribution >= 0.6 is 11.3 Å². The van der Waals surface area contributed by atoms with E-state index in [1.807, 2.05) is 74.5 Å². The number of hydrogen-bond donors (Lipinski definition) is 0. The zero-order valence-corrected chi connectivity index (χ0v) is 44.9. The van der Waals surface area contributed by atoms with Crippen LogP contribution in [0.5, 0.6) is 0 Å². The van der Waals surface area contributed by atoms with Crippen molar-refractivity contribution in [2.24, 2.45) is 21.8 Å². The van der Waals surface area contributed by atoms with Gasteiger partial charge in [-0.3, -0.25) is 34.2 Å². The summed E-state index contributed by atoms with van der Waals surface area (Å²) in [5.41, 5.74) is 6.74. The highest BCUT2D eigenvalue weighted by Crippen LogP contribution is 2.37. The summed E-state index contributed by atoms with van der Waals surface area (Å²) in [5.74, 6) is 1.34. The molecule has 0 saturated carbocycles. The van der Waals surface area contributed by atoms with E-state index in [1.54, 1.807) is 43.6 Å². The minimum absolute atomic E-state index is 0.0139. The molecule has 402 valence electrons. The minimum Gasteiger partial charge on any atom is -0.464 e. The Bertz CT molecular complexity index is 3370. The van der Waals surface area contributed by atoms with Crippen molar-refractivity contribution in [2.75, 3.05) is 86.3 Å². The Labute approximate surface area is 455 Å². The molecule has 0 unspecified atom stereocenters. The van der Waals surface area contributed by atoms with Gasteiger partial charge in [0.15, 0.2) is 10.5 Å². The van der Waals surface area contributed by atoms with Gasteiger partial charge in [0.2, 0.25) is 5.91 Å². The van der Waals surface area contributed by atoms with E-state index in [9.17, 15) is 24.0 Å². The summed E-state index contributed by atoms with van der Waals surface area (Å²) in [5, 5.41) is 4.44. The first-order valence-electron chi connectivity index (χ1n) is 26.3. The van der Waals surface area contributed by atoms with Gasteiger partial charge in [-0.1, -0.05) is 86.6 Å². The van der Waals surface area contributed by atoms with Gasteiger partial charge >= 0.3 is 12.2 Å². The minimum atomic E-state index is -1.00. The molecule has 19 heteroatoms. The monoisotopic (exact) mass is 1070 g/mol. The van der Waals surface area contributed by atoms with Crippen LogP contribution in [0.15, 0.2) is 142 Å². The molecule has 5 amide bonds. The van der Waals surface area contributed by atoms with E-state index in [4.69, 9.17) is 28.6 Å². The summed E-state index contributed by atoms with van der Waals surface area (Å²) in [6, 6.07) is 34.4. The molecule has 0 N–H and O–H groups in total. The second kappa shape index (κ2) is 23.5. The highest BCUT2D eigenvalue weighted by atomic mass is 32.1. The van der Waals surface area contributed by atoms with Gasteiger partial charge in [-0.2, -0.15) is 0 Å². The van der Waals surface area contributed by atoms with Crippen LogP contribution in [0, 0.1) is 11.8 Å². The SMILES string of the molecule is CC.COC(=O)N1CC[C@@H](CN2C(=O)C3(CN(C(=O)OC)C3)N=C2c2ccc(-c3ccc4occc4c3)cc2)C1.O=C(c1nccs1)N1CC(CN2C(=O)CCOCCN=C2c2ccc(-c3ccc4cccnc4c3)cc2)C1. The lowest BCUT2D eigenvalue weighted by Gasteiger charge is -2.43. The van der Waals surface area contributed by atoms with Gasteiger partial charge in [0.1, 0.15) is 17.3 Å². The number of thiazole rings is 1. The molecule has 1 atom stereocenters.